The Balaban J connectivity index is 2.07. The number of hydrogen-bond donors (Lipinski definition) is 0. The zero-order valence-electron chi connectivity index (χ0n) is 9.11. The van der Waals surface area contributed by atoms with Gasteiger partial charge >= 0.3 is 0 Å². The van der Waals surface area contributed by atoms with E-state index in [0.717, 1.165) is 11.3 Å². The van der Waals surface area contributed by atoms with Gasteiger partial charge in [-0.3, -0.25) is 4.98 Å². The molecule has 0 radical (unpaired) electrons. The molecule has 1 aromatic rings. The van der Waals surface area contributed by atoms with Gasteiger partial charge in [0.15, 0.2) is 0 Å². The van der Waals surface area contributed by atoms with E-state index in [4.69, 9.17) is 10.7 Å². The summed E-state index contributed by atoms with van der Waals surface area (Å²) in [5.41, 5.74) is 2.07. The Morgan fingerprint density at radius 1 is 1.50 bits per heavy atom. The van der Waals surface area contributed by atoms with Gasteiger partial charge in [0.1, 0.15) is 0 Å². The highest BCUT2D eigenvalue weighted by atomic mass is 35.7. The number of aryl methyl sites for hydroxylation is 2. The molecule has 1 aliphatic carbocycles. The molecule has 0 aliphatic heterocycles. The van der Waals surface area contributed by atoms with Crippen LogP contribution in [0.3, 0.4) is 0 Å². The normalized spacial score (nSPS) is 18.4. The summed E-state index contributed by atoms with van der Waals surface area (Å²) in [6, 6.07) is 3.86. The van der Waals surface area contributed by atoms with Crippen LogP contribution in [0.4, 0.5) is 0 Å². The molecule has 88 valence electrons. The van der Waals surface area contributed by atoms with E-state index in [0.29, 0.717) is 25.7 Å². The zero-order valence-corrected chi connectivity index (χ0v) is 10.7. The van der Waals surface area contributed by atoms with E-state index in [9.17, 15) is 8.42 Å². The lowest BCUT2D eigenvalue weighted by atomic mass is 10.1. The fraction of sp³-hybridized carbons (Fsp3) is 0.545. The van der Waals surface area contributed by atoms with Gasteiger partial charge in [-0.2, -0.15) is 0 Å². The van der Waals surface area contributed by atoms with Gasteiger partial charge in [-0.15, -0.1) is 0 Å². The van der Waals surface area contributed by atoms with E-state index < -0.39 is 13.8 Å². The van der Waals surface area contributed by atoms with Crippen molar-refractivity contribution in [3.05, 3.63) is 29.6 Å². The number of aromatic nitrogens is 1. The smallest absolute Gasteiger partial charge is 0.238 e. The second-order valence-corrected chi connectivity index (χ2v) is 7.35. The van der Waals surface area contributed by atoms with Crippen LogP contribution in [0.1, 0.15) is 30.5 Å². The molecule has 2 rings (SSSR count). The molecule has 0 bridgehead atoms. The number of hydrogen-bond acceptors (Lipinski definition) is 3. The predicted molar refractivity (Wildman–Crippen MR) is 64.0 cm³/mol. The third-order valence-corrected chi connectivity index (χ3v) is 5.89. The Labute approximate surface area is 100 Å². The Morgan fingerprint density at radius 2 is 2.19 bits per heavy atom. The molecule has 1 aliphatic rings. The van der Waals surface area contributed by atoms with Crippen LogP contribution < -0.4 is 0 Å². The van der Waals surface area contributed by atoms with E-state index in [1.807, 2.05) is 19.1 Å². The monoisotopic (exact) mass is 259 g/mol. The fourth-order valence-corrected chi connectivity index (χ4v) is 3.51. The minimum Gasteiger partial charge on any atom is -0.261 e. The zero-order chi connectivity index (χ0) is 11.8. The molecule has 1 aromatic heterocycles. The summed E-state index contributed by atoms with van der Waals surface area (Å²) in [5, 5.41) is 0. The van der Waals surface area contributed by atoms with Crippen LogP contribution >= 0.6 is 10.7 Å². The van der Waals surface area contributed by atoms with Crippen molar-refractivity contribution in [2.45, 2.75) is 37.4 Å². The Morgan fingerprint density at radius 3 is 2.69 bits per heavy atom. The fourth-order valence-electron chi connectivity index (χ4n) is 1.88. The van der Waals surface area contributed by atoms with E-state index in [2.05, 4.69) is 4.98 Å². The molecule has 1 saturated carbocycles. The van der Waals surface area contributed by atoms with Crippen LogP contribution in [0.15, 0.2) is 18.3 Å². The molecular weight excluding hydrogens is 246 g/mol. The summed E-state index contributed by atoms with van der Waals surface area (Å²) in [5.74, 6) is 0. The van der Waals surface area contributed by atoms with Crippen molar-refractivity contribution >= 4 is 19.7 Å². The maximum atomic E-state index is 11.4. The SMILES string of the molecule is Cc1cccnc1CCC1(S(=O)(=O)Cl)CC1. The quantitative estimate of drug-likeness (QED) is 0.781. The van der Waals surface area contributed by atoms with Crippen molar-refractivity contribution in [3.8, 4) is 0 Å². The number of nitrogens with zero attached hydrogens (tertiary/aromatic N) is 1. The molecule has 1 heterocycles. The Bertz CT molecular complexity index is 494. The minimum atomic E-state index is -3.43. The summed E-state index contributed by atoms with van der Waals surface area (Å²) in [6.45, 7) is 1.98. The van der Waals surface area contributed by atoms with Crippen molar-refractivity contribution in [2.75, 3.05) is 0 Å². The topological polar surface area (TPSA) is 47.0 Å². The summed E-state index contributed by atoms with van der Waals surface area (Å²) >= 11 is 0. The molecule has 0 atom stereocenters. The third-order valence-electron chi connectivity index (χ3n) is 3.26. The number of rotatable bonds is 4. The lowest BCUT2D eigenvalue weighted by molar-refractivity contribution is 0.581. The largest absolute Gasteiger partial charge is 0.261 e. The molecule has 0 amide bonds. The van der Waals surface area contributed by atoms with Crippen LogP contribution in [0.5, 0.6) is 0 Å². The molecule has 0 aromatic carbocycles. The maximum absolute atomic E-state index is 11.4. The molecule has 1 fully saturated rings. The van der Waals surface area contributed by atoms with E-state index in [1.54, 1.807) is 6.20 Å². The minimum absolute atomic E-state index is 0.580. The molecule has 16 heavy (non-hydrogen) atoms. The average molecular weight is 260 g/mol. The summed E-state index contributed by atoms with van der Waals surface area (Å²) in [4.78, 5) is 4.25. The van der Waals surface area contributed by atoms with Crippen molar-refractivity contribution in [3.63, 3.8) is 0 Å². The number of pyridine rings is 1. The maximum Gasteiger partial charge on any atom is 0.238 e. The first-order valence-corrected chi connectivity index (χ1v) is 7.60. The summed E-state index contributed by atoms with van der Waals surface area (Å²) in [6.07, 6.45) is 4.36. The second kappa shape index (κ2) is 4.00. The highest BCUT2D eigenvalue weighted by Gasteiger charge is 2.53. The Hall–Kier alpha value is -0.610. The molecule has 0 saturated heterocycles. The van der Waals surface area contributed by atoms with Gasteiger partial charge < -0.3 is 0 Å². The van der Waals surface area contributed by atoms with Crippen LogP contribution in [-0.4, -0.2) is 18.1 Å². The van der Waals surface area contributed by atoms with Crippen molar-refractivity contribution in [1.29, 1.82) is 0 Å². The average Bonchev–Trinajstić information content (AvgIpc) is 2.96. The van der Waals surface area contributed by atoms with Crippen molar-refractivity contribution < 1.29 is 8.42 Å². The lowest BCUT2D eigenvalue weighted by Crippen LogP contribution is -2.19. The van der Waals surface area contributed by atoms with E-state index in [1.165, 1.54) is 0 Å². The first kappa shape index (κ1) is 11.9. The molecule has 0 unspecified atom stereocenters. The van der Waals surface area contributed by atoms with E-state index in [-0.39, 0.29) is 0 Å². The molecule has 0 spiro atoms. The van der Waals surface area contributed by atoms with Crippen LogP contribution in [0.2, 0.25) is 0 Å². The van der Waals surface area contributed by atoms with Crippen molar-refractivity contribution in [2.24, 2.45) is 0 Å². The van der Waals surface area contributed by atoms with E-state index >= 15 is 0 Å². The molecular formula is C11H14ClNO2S. The van der Waals surface area contributed by atoms with Crippen molar-refractivity contribution in [1.82, 2.24) is 4.98 Å². The molecule has 3 nitrogen and oxygen atoms in total. The van der Waals surface area contributed by atoms with Gasteiger partial charge in [0, 0.05) is 22.6 Å². The highest BCUT2D eigenvalue weighted by molar-refractivity contribution is 8.15. The van der Waals surface area contributed by atoms with Gasteiger partial charge in [-0.25, -0.2) is 8.42 Å². The highest BCUT2D eigenvalue weighted by Crippen LogP contribution is 2.49. The van der Waals surface area contributed by atoms with Gasteiger partial charge in [0.2, 0.25) is 9.05 Å². The molecule has 5 heteroatoms. The van der Waals surface area contributed by atoms with Crippen LogP contribution in [0, 0.1) is 6.92 Å². The van der Waals surface area contributed by atoms with Crippen LogP contribution in [0.25, 0.3) is 0 Å². The molecule has 0 N–H and O–H groups in total. The van der Waals surface area contributed by atoms with Gasteiger partial charge in [-0.1, -0.05) is 6.07 Å². The standard InChI is InChI=1S/C11H14ClNO2S/c1-9-3-2-8-13-10(9)4-5-11(6-7-11)16(12,14)15/h2-3,8H,4-7H2,1H3. The predicted octanol–water partition coefficient (Wildman–Crippen LogP) is 2.42. The summed E-state index contributed by atoms with van der Waals surface area (Å²) in [7, 11) is 2.02. The Kier molecular flexibility index (Phi) is 2.97. The number of halogens is 1. The first-order chi connectivity index (χ1) is 7.45. The summed E-state index contributed by atoms with van der Waals surface area (Å²) < 4.78 is 22.1. The van der Waals surface area contributed by atoms with Gasteiger partial charge in [-0.05, 0) is 44.2 Å². The second-order valence-electron chi connectivity index (χ2n) is 4.39. The van der Waals surface area contributed by atoms with Gasteiger partial charge in [0.05, 0.1) is 4.75 Å². The van der Waals surface area contributed by atoms with Gasteiger partial charge in [0.25, 0.3) is 0 Å². The third kappa shape index (κ3) is 2.23. The van der Waals surface area contributed by atoms with Crippen LogP contribution in [-0.2, 0) is 15.5 Å². The lowest BCUT2D eigenvalue weighted by Gasteiger charge is -2.11. The first-order valence-electron chi connectivity index (χ1n) is 5.29.